The Labute approximate surface area is 226 Å². The Bertz CT molecular complexity index is 1080. The zero-order valence-electron chi connectivity index (χ0n) is 21.8. The largest absolute Gasteiger partial charge is 0.460 e. The van der Waals surface area contributed by atoms with Gasteiger partial charge < -0.3 is 0 Å². The van der Waals surface area contributed by atoms with Crippen LogP contribution in [0.4, 0.5) is 48.3 Å². The van der Waals surface area contributed by atoms with Gasteiger partial charge >= 0.3 is 29.9 Å². The molecule has 0 aromatic heterocycles. The van der Waals surface area contributed by atoms with Crippen LogP contribution in [0.1, 0.15) is 81.8 Å². The first-order valence-corrected chi connectivity index (χ1v) is 13.3. The van der Waals surface area contributed by atoms with Crippen LogP contribution >= 0.6 is 0 Å². The summed E-state index contributed by atoms with van der Waals surface area (Å²) in [5.74, 6) is -26.8. The molecule has 1 saturated carbocycles. The maximum Gasteiger partial charge on any atom is 0.460 e. The summed E-state index contributed by atoms with van der Waals surface area (Å²) in [6.07, 6.45) is 3.31. The van der Waals surface area contributed by atoms with E-state index in [0.717, 1.165) is 49.3 Å². The highest BCUT2D eigenvalue weighted by Gasteiger charge is 2.87. The molecular weight excluding hydrogens is 557 g/mol. The van der Waals surface area contributed by atoms with Crippen molar-refractivity contribution in [2.75, 3.05) is 0 Å². The molecule has 0 radical (unpaired) electrons. The number of rotatable bonds is 11. The summed E-state index contributed by atoms with van der Waals surface area (Å²) in [6.45, 7) is 2.17. The summed E-state index contributed by atoms with van der Waals surface area (Å²) in [4.78, 5) is 0. The van der Waals surface area contributed by atoms with Crippen LogP contribution in [0.5, 0.6) is 0 Å². The van der Waals surface area contributed by atoms with Crippen molar-refractivity contribution in [2.24, 2.45) is 5.92 Å². The Balaban J connectivity index is 1.69. The Kier molecular flexibility index (Phi) is 9.56. The monoisotopic (exact) mass is 588 g/mol. The number of unbranched alkanes of at least 4 members (excludes halogenated alkanes) is 3. The van der Waals surface area contributed by atoms with Crippen molar-refractivity contribution in [3.05, 3.63) is 59.7 Å². The molecule has 0 atom stereocenters. The fourth-order valence-corrected chi connectivity index (χ4v) is 5.22. The van der Waals surface area contributed by atoms with Crippen LogP contribution in [0, 0.1) is 5.92 Å². The molecule has 2 aromatic carbocycles. The van der Waals surface area contributed by atoms with Crippen molar-refractivity contribution in [1.29, 1.82) is 0 Å². The van der Waals surface area contributed by atoms with E-state index in [1.165, 1.54) is 32.1 Å². The van der Waals surface area contributed by atoms with E-state index in [-0.39, 0.29) is 5.56 Å². The normalized spacial score (nSPS) is 19.6. The molecule has 224 valence electrons. The lowest BCUT2D eigenvalue weighted by Crippen LogP contribution is -2.65. The summed E-state index contributed by atoms with van der Waals surface area (Å²) in [6, 6.07) is 9.48. The first kappa shape index (κ1) is 32.2. The molecule has 1 aliphatic carbocycles. The van der Waals surface area contributed by atoms with Crippen molar-refractivity contribution in [3.8, 4) is 11.1 Å². The molecule has 1 aliphatic rings. The molecule has 0 nitrogen and oxygen atoms in total. The number of halogens is 11. The molecule has 0 N–H and O–H groups in total. The molecular formula is C29H31F11. The van der Waals surface area contributed by atoms with Crippen molar-refractivity contribution in [2.45, 2.75) is 100 Å². The van der Waals surface area contributed by atoms with Gasteiger partial charge in [0, 0.05) is 5.56 Å². The van der Waals surface area contributed by atoms with E-state index in [9.17, 15) is 48.3 Å². The number of benzene rings is 2. The molecule has 0 heterocycles. The van der Waals surface area contributed by atoms with Crippen molar-refractivity contribution in [3.63, 3.8) is 0 Å². The highest BCUT2D eigenvalue weighted by atomic mass is 19.4. The van der Waals surface area contributed by atoms with Crippen LogP contribution in [0.15, 0.2) is 48.5 Å². The molecule has 0 bridgehead atoms. The zero-order chi connectivity index (χ0) is 30.0. The predicted octanol–water partition coefficient (Wildman–Crippen LogP) is 11.2. The van der Waals surface area contributed by atoms with Crippen LogP contribution in [0.3, 0.4) is 0 Å². The van der Waals surface area contributed by atoms with Gasteiger partial charge in [0.25, 0.3) is 0 Å². The van der Waals surface area contributed by atoms with E-state index in [2.05, 4.69) is 6.92 Å². The molecule has 40 heavy (non-hydrogen) atoms. The van der Waals surface area contributed by atoms with E-state index in [1.807, 2.05) is 12.1 Å². The van der Waals surface area contributed by atoms with Gasteiger partial charge in [0.2, 0.25) is 0 Å². The molecule has 1 fully saturated rings. The van der Waals surface area contributed by atoms with E-state index in [0.29, 0.717) is 23.6 Å². The highest BCUT2D eigenvalue weighted by molar-refractivity contribution is 5.64. The molecule has 0 aliphatic heterocycles. The maximum atomic E-state index is 14.3. The van der Waals surface area contributed by atoms with E-state index < -0.39 is 35.4 Å². The topological polar surface area (TPSA) is 0 Å². The average Bonchev–Trinajstić information content (AvgIpc) is 2.91. The van der Waals surface area contributed by atoms with Gasteiger partial charge in [0.15, 0.2) is 0 Å². The summed E-state index contributed by atoms with van der Waals surface area (Å²) in [5.41, 5.74) is -0.0210. The molecule has 0 saturated heterocycles. The van der Waals surface area contributed by atoms with Crippen LogP contribution in [-0.2, 0) is 5.92 Å². The average molecular weight is 589 g/mol. The van der Waals surface area contributed by atoms with Gasteiger partial charge in [0.1, 0.15) is 0 Å². The lowest BCUT2D eigenvalue weighted by molar-refractivity contribution is -0.424. The number of hydrogen-bond acceptors (Lipinski definition) is 0. The highest BCUT2D eigenvalue weighted by Crippen LogP contribution is 2.59. The molecule has 0 unspecified atom stereocenters. The fraction of sp³-hybridized carbons (Fsp3) is 0.586. The van der Waals surface area contributed by atoms with Gasteiger partial charge in [-0.1, -0.05) is 87.6 Å². The van der Waals surface area contributed by atoms with E-state index in [1.54, 1.807) is 12.1 Å². The van der Waals surface area contributed by atoms with Gasteiger partial charge in [-0.2, -0.15) is 48.3 Å². The Morgan fingerprint density at radius 1 is 0.575 bits per heavy atom. The summed E-state index contributed by atoms with van der Waals surface area (Å²) >= 11 is 0. The first-order chi connectivity index (χ1) is 18.5. The molecule has 3 rings (SSSR count). The third-order valence-electron chi connectivity index (χ3n) is 7.81. The van der Waals surface area contributed by atoms with E-state index >= 15 is 0 Å². The smallest absolute Gasteiger partial charge is 0.194 e. The van der Waals surface area contributed by atoms with Gasteiger partial charge in [-0.3, -0.25) is 0 Å². The second-order valence-electron chi connectivity index (χ2n) is 10.6. The Morgan fingerprint density at radius 2 is 1.07 bits per heavy atom. The minimum atomic E-state index is -7.43. The van der Waals surface area contributed by atoms with E-state index in [4.69, 9.17) is 0 Å². The van der Waals surface area contributed by atoms with Crippen molar-refractivity contribution >= 4 is 0 Å². The van der Waals surface area contributed by atoms with Gasteiger partial charge in [-0.15, -0.1) is 0 Å². The second-order valence-corrected chi connectivity index (χ2v) is 10.6. The first-order valence-electron chi connectivity index (χ1n) is 13.3. The van der Waals surface area contributed by atoms with Crippen LogP contribution in [-0.4, -0.2) is 23.9 Å². The summed E-state index contributed by atoms with van der Waals surface area (Å²) < 4.78 is 147. The SMILES string of the molecule is CCCCCCC1CCC(c2ccc(-c3ccc(C(F)(F)C(F)(F)C(F)(F)C(F)(F)C(F)(F)F)cc3)cc2)CC1. The van der Waals surface area contributed by atoms with Crippen LogP contribution < -0.4 is 0 Å². The lowest BCUT2D eigenvalue weighted by atomic mass is 9.77. The van der Waals surface area contributed by atoms with Crippen molar-refractivity contribution < 1.29 is 48.3 Å². The standard InChI is InChI=1S/C29H31F11/c1-2-3-4-5-6-19-7-9-20(10-8-19)21-11-13-22(14-12-21)23-15-17-24(18-16-23)25(30,31)26(32,33)27(34,35)28(36,37)29(38,39)40/h11-20H,2-10H2,1H3. The fourth-order valence-electron chi connectivity index (χ4n) is 5.22. The lowest BCUT2D eigenvalue weighted by Gasteiger charge is -2.37. The molecule has 2 aromatic rings. The molecule has 0 spiro atoms. The second kappa shape index (κ2) is 11.9. The van der Waals surface area contributed by atoms with Crippen molar-refractivity contribution in [1.82, 2.24) is 0 Å². The molecule has 0 amide bonds. The Morgan fingerprint density at radius 3 is 1.55 bits per heavy atom. The van der Waals surface area contributed by atoms with Gasteiger partial charge in [0.05, 0.1) is 0 Å². The third-order valence-corrected chi connectivity index (χ3v) is 7.81. The summed E-state index contributed by atoms with van der Waals surface area (Å²) in [7, 11) is 0. The Hall–Kier alpha value is -2.33. The van der Waals surface area contributed by atoms with Crippen LogP contribution in [0.25, 0.3) is 11.1 Å². The van der Waals surface area contributed by atoms with Gasteiger partial charge in [-0.25, -0.2) is 0 Å². The quantitative estimate of drug-likeness (QED) is 0.181. The zero-order valence-corrected chi connectivity index (χ0v) is 21.8. The predicted molar refractivity (Wildman–Crippen MR) is 130 cm³/mol. The van der Waals surface area contributed by atoms with Gasteiger partial charge in [-0.05, 0) is 54.2 Å². The number of hydrogen-bond donors (Lipinski definition) is 0. The third kappa shape index (κ3) is 6.12. The molecule has 11 heteroatoms. The minimum Gasteiger partial charge on any atom is -0.194 e. The maximum absolute atomic E-state index is 14.3. The number of alkyl halides is 11. The minimum absolute atomic E-state index is 0.234. The van der Waals surface area contributed by atoms with Crippen LogP contribution in [0.2, 0.25) is 0 Å². The summed E-state index contributed by atoms with van der Waals surface area (Å²) in [5, 5.41) is 0.